The molecular formula is C11H11ClINO. The van der Waals surface area contributed by atoms with Crippen molar-refractivity contribution < 1.29 is 4.79 Å². The molecule has 80 valence electrons. The molecule has 1 fully saturated rings. The van der Waals surface area contributed by atoms with Crippen LogP contribution in [0.5, 0.6) is 0 Å². The van der Waals surface area contributed by atoms with E-state index in [9.17, 15) is 4.79 Å². The van der Waals surface area contributed by atoms with E-state index in [1.165, 1.54) is 0 Å². The zero-order valence-electron chi connectivity index (χ0n) is 8.09. The van der Waals surface area contributed by atoms with Crippen molar-refractivity contribution in [3.05, 3.63) is 32.4 Å². The van der Waals surface area contributed by atoms with Crippen molar-refractivity contribution in [3.63, 3.8) is 0 Å². The zero-order chi connectivity index (χ0) is 11.1. The first-order chi connectivity index (χ1) is 7.03. The summed E-state index contributed by atoms with van der Waals surface area (Å²) in [5.41, 5.74) is 6.09. The highest BCUT2D eigenvalue weighted by Crippen LogP contribution is 2.48. The van der Waals surface area contributed by atoms with Gasteiger partial charge in [-0.2, -0.15) is 0 Å². The quantitative estimate of drug-likeness (QED) is 0.848. The van der Waals surface area contributed by atoms with E-state index in [-0.39, 0.29) is 11.3 Å². The lowest BCUT2D eigenvalue weighted by molar-refractivity contribution is -0.123. The molecule has 0 radical (unpaired) electrons. The first-order valence-electron chi connectivity index (χ1n) is 4.77. The van der Waals surface area contributed by atoms with E-state index < -0.39 is 0 Å². The Balaban J connectivity index is 2.21. The lowest BCUT2D eigenvalue weighted by atomic mass is 9.96. The maximum absolute atomic E-state index is 11.2. The standard InChI is InChI=1S/C11H11ClINO/c12-9-5-8(13)2-1-7(9)6-11(3-4-11)10(14)15/h1-2,5H,3-4,6H2,(H2,14,15). The van der Waals surface area contributed by atoms with Crippen LogP contribution in [0.2, 0.25) is 5.02 Å². The monoisotopic (exact) mass is 335 g/mol. The second-order valence-corrected chi connectivity index (χ2v) is 5.71. The Morgan fingerprint density at radius 2 is 2.20 bits per heavy atom. The van der Waals surface area contributed by atoms with Crippen molar-refractivity contribution in [1.82, 2.24) is 0 Å². The van der Waals surface area contributed by atoms with Gasteiger partial charge in [0.2, 0.25) is 5.91 Å². The molecule has 1 saturated carbocycles. The highest BCUT2D eigenvalue weighted by molar-refractivity contribution is 14.1. The van der Waals surface area contributed by atoms with Gasteiger partial charge in [-0.3, -0.25) is 4.79 Å². The molecule has 0 unspecified atom stereocenters. The summed E-state index contributed by atoms with van der Waals surface area (Å²) in [6, 6.07) is 5.89. The van der Waals surface area contributed by atoms with Gasteiger partial charge in [-0.15, -0.1) is 0 Å². The number of rotatable bonds is 3. The van der Waals surface area contributed by atoms with Gasteiger partial charge in [0.15, 0.2) is 0 Å². The summed E-state index contributed by atoms with van der Waals surface area (Å²) < 4.78 is 1.10. The number of hydrogen-bond donors (Lipinski definition) is 1. The minimum atomic E-state index is -0.309. The number of benzene rings is 1. The van der Waals surface area contributed by atoms with Crippen LogP contribution < -0.4 is 5.73 Å². The smallest absolute Gasteiger partial charge is 0.223 e. The molecule has 0 bridgehead atoms. The van der Waals surface area contributed by atoms with Gasteiger partial charge >= 0.3 is 0 Å². The maximum atomic E-state index is 11.2. The van der Waals surface area contributed by atoms with E-state index >= 15 is 0 Å². The number of carbonyl (C=O) groups is 1. The topological polar surface area (TPSA) is 43.1 Å². The Kier molecular flexibility index (Phi) is 2.94. The number of nitrogens with two attached hydrogens (primary N) is 1. The van der Waals surface area contributed by atoms with Gasteiger partial charge in [-0.05, 0) is 59.5 Å². The van der Waals surface area contributed by atoms with Crippen molar-refractivity contribution >= 4 is 40.1 Å². The molecule has 0 heterocycles. The molecule has 1 aromatic rings. The fourth-order valence-electron chi connectivity index (χ4n) is 1.69. The number of amides is 1. The molecule has 0 aliphatic heterocycles. The summed E-state index contributed by atoms with van der Waals surface area (Å²) in [6.07, 6.45) is 2.47. The minimum Gasteiger partial charge on any atom is -0.369 e. The zero-order valence-corrected chi connectivity index (χ0v) is 11.0. The molecule has 0 aromatic heterocycles. The summed E-state index contributed by atoms with van der Waals surface area (Å²) in [6.45, 7) is 0. The first-order valence-corrected chi connectivity index (χ1v) is 6.23. The Hall–Kier alpha value is -0.290. The maximum Gasteiger partial charge on any atom is 0.223 e. The van der Waals surface area contributed by atoms with Gasteiger partial charge in [0.25, 0.3) is 0 Å². The largest absolute Gasteiger partial charge is 0.369 e. The molecule has 0 saturated heterocycles. The number of carbonyl (C=O) groups excluding carboxylic acids is 1. The van der Waals surface area contributed by atoms with Gasteiger partial charge in [0, 0.05) is 8.59 Å². The lowest BCUT2D eigenvalue weighted by Crippen LogP contribution is -2.26. The Bertz CT molecular complexity index is 415. The van der Waals surface area contributed by atoms with Gasteiger partial charge < -0.3 is 5.73 Å². The van der Waals surface area contributed by atoms with Crippen LogP contribution in [0.15, 0.2) is 18.2 Å². The molecule has 1 aliphatic rings. The number of hydrogen-bond acceptors (Lipinski definition) is 1. The van der Waals surface area contributed by atoms with E-state index in [4.69, 9.17) is 17.3 Å². The molecule has 4 heteroatoms. The number of primary amides is 1. The van der Waals surface area contributed by atoms with Crippen LogP contribution in [0, 0.1) is 8.99 Å². The molecule has 2 N–H and O–H groups in total. The summed E-state index contributed by atoms with van der Waals surface area (Å²) in [5.74, 6) is -0.197. The highest BCUT2D eigenvalue weighted by Gasteiger charge is 2.48. The minimum absolute atomic E-state index is 0.197. The van der Waals surface area contributed by atoms with Crippen LogP contribution in [0.1, 0.15) is 18.4 Å². The fraction of sp³-hybridized carbons (Fsp3) is 0.364. The van der Waals surface area contributed by atoms with Crippen molar-refractivity contribution in [1.29, 1.82) is 0 Å². The number of halogens is 2. The lowest BCUT2D eigenvalue weighted by Gasteiger charge is -2.12. The Labute approximate surface area is 107 Å². The Morgan fingerprint density at radius 3 is 2.67 bits per heavy atom. The average molecular weight is 336 g/mol. The first kappa shape index (κ1) is 11.2. The van der Waals surface area contributed by atoms with Crippen LogP contribution in [0.4, 0.5) is 0 Å². The van der Waals surface area contributed by atoms with Gasteiger partial charge in [0.1, 0.15) is 0 Å². The summed E-state index contributed by atoms with van der Waals surface area (Å²) in [7, 11) is 0. The SMILES string of the molecule is NC(=O)C1(Cc2ccc(I)cc2Cl)CC1. The van der Waals surface area contributed by atoms with Crippen LogP contribution in [0.25, 0.3) is 0 Å². The normalized spacial score (nSPS) is 17.5. The van der Waals surface area contributed by atoms with Crippen molar-refractivity contribution in [3.8, 4) is 0 Å². The van der Waals surface area contributed by atoms with Crippen LogP contribution >= 0.6 is 34.2 Å². The van der Waals surface area contributed by atoms with Gasteiger partial charge in [-0.1, -0.05) is 17.7 Å². The molecule has 0 spiro atoms. The third-order valence-electron chi connectivity index (χ3n) is 2.92. The molecule has 2 nitrogen and oxygen atoms in total. The van der Waals surface area contributed by atoms with Gasteiger partial charge in [-0.25, -0.2) is 0 Å². The molecule has 1 amide bonds. The molecule has 1 aromatic carbocycles. The van der Waals surface area contributed by atoms with E-state index in [0.717, 1.165) is 27.0 Å². The summed E-state index contributed by atoms with van der Waals surface area (Å²) in [4.78, 5) is 11.2. The van der Waals surface area contributed by atoms with Crippen LogP contribution in [0.3, 0.4) is 0 Å². The van der Waals surface area contributed by atoms with Crippen LogP contribution in [-0.4, -0.2) is 5.91 Å². The third-order valence-corrected chi connectivity index (χ3v) is 3.94. The Morgan fingerprint density at radius 1 is 1.53 bits per heavy atom. The van der Waals surface area contributed by atoms with Crippen molar-refractivity contribution in [2.45, 2.75) is 19.3 Å². The predicted octanol–water partition coefficient (Wildman–Crippen LogP) is 2.75. The molecule has 0 atom stereocenters. The van der Waals surface area contributed by atoms with Crippen LogP contribution in [-0.2, 0) is 11.2 Å². The van der Waals surface area contributed by atoms with E-state index in [1.807, 2.05) is 18.2 Å². The second kappa shape index (κ2) is 3.94. The molecule has 15 heavy (non-hydrogen) atoms. The second-order valence-electron chi connectivity index (χ2n) is 4.06. The summed E-state index contributed by atoms with van der Waals surface area (Å²) in [5, 5.41) is 0.731. The van der Waals surface area contributed by atoms with E-state index in [2.05, 4.69) is 22.6 Å². The van der Waals surface area contributed by atoms with Gasteiger partial charge in [0.05, 0.1) is 5.41 Å². The van der Waals surface area contributed by atoms with E-state index in [0.29, 0.717) is 6.42 Å². The molecule has 1 aliphatic carbocycles. The molecular weight excluding hydrogens is 324 g/mol. The molecule has 2 rings (SSSR count). The van der Waals surface area contributed by atoms with Crippen molar-refractivity contribution in [2.75, 3.05) is 0 Å². The van der Waals surface area contributed by atoms with Crippen molar-refractivity contribution in [2.24, 2.45) is 11.1 Å². The predicted molar refractivity (Wildman–Crippen MR) is 68.7 cm³/mol. The van der Waals surface area contributed by atoms with E-state index in [1.54, 1.807) is 0 Å². The summed E-state index contributed by atoms with van der Waals surface area (Å²) >= 11 is 8.32. The fourth-order valence-corrected chi connectivity index (χ4v) is 2.61. The third kappa shape index (κ3) is 2.28. The average Bonchev–Trinajstić information content (AvgIpc) is 2.91. The highest BCUT2D eigenvalue weighted by atomic mass is 127.